The van der Waals surface area contributed by atoms with E-state index in [1.54, 1.807) is 0 Å². The average Bonchev–Trinajstić information content (AvgIpc) is 2.11. The lowest BCUT2D eigenvalue weighted by Gasteiger charge is -2.04. The van der Waals surface area contributed by atoms with Crippen molar-refractivity contribution in [1.82, 2.24) is 0 Å². The van der Waals surface area contributed by atoms with E-state index in [2.05, 4.69) is 0 Å². The minimum atomic E-state index is -1.11. The first kappa shape index (κ1) is 10.8. The van der Waals surface area contributed by atoms with E-state index in [-0.39, 0.29) is 23.3 Å². The summed E-state index contributed by atoms with van der Waals surface area (Å²) in [5.41, 5.74) is -0.0506. The Hall–Kier alpha value is -1.32. The van der Waals surface area contributed by atoms with Crippen molar-refractivity contribution < 1.29 is 18.0 Å². The molecule has 4 heteroatoms. The van der Waals surface area contributed by atoms with E-state index in [0.29, 0.717) is 0 Å². The van der Waals surface area contributed by atoms with Gasteiger partial charge in [-0.2, -0.15) is 0 Å². The molecule has 0 saturated carbocycles. The number of Topliss-reactive ketones (excluding diaryl/α,β-unsaturated/α-hetero) is 1. The molecule has 0 spiro atoms. The Labute approximate surface area is 79.5 Å². The van der Waals surface area contributed by atoms with Gasteiger partial charge in [0.25, 0.3) is 0 Å². The average molecular weight is 202 g/mol. The first-order chi connectivity index (χ1) is 6.54. The molecule has 1 aromatic carbocycles. The first-order valence-corrected chi connectivity index (χ1v) is 4.06. The maximum absolute atomic E-state index is 13.0. The van der Waals surface area contributed by atoms with Crippen molar-refractivity contribution in [2.75, 3.05) is 0 Å². The quantitative estimate of drug-likeness (QED) is 0.736. The second-order valence-electron chi connectivity index (χ2n) is 3.06. The van der Waals surface area contributed by atoms with Crippen LogP contribution in [0, 0.1) is 11.6 Å². The summed E-state index contributed by atoms with van der Waals surface area (Å²) < 4.78 is 38.0. The Kier molecular flexibility index (Phi) is 3.28. The molecule has 14 heavy (non-hydrogen) atoms. The Morgan fingerprint density at radius 2 is 2.00 bits per heavy atom. The number of carbonyl (C=O) groups is 1. The fraction of sp³-hybridized carbons (Fsp3) is 0.300. The molecule has 0 N–H and O–H groups in total. The largest absolute Gasteiger partial charge is 0.300 e. The molecule has 1 nitrogen and oxygen atoms in total. The van der Waals surface area contributed by atoms with E-state index in [4.69, 9.17) is 0 Å². The summed E-state index contributed by atoms with van der Waals surface area (Å²) in [5, 5.41) is 0. The predicted octanol–water partition coefficient (Wildman–Crippen LogP) is 2.57. The van der Waals surface area contributed by atoms with Crippen molar-refractivity contribution in [2.45, 2.75) is 20.0 Å². The summed E-state index contributed by atoms with van der Waals surface area (Å²) in [4.78, 5) is 10.7. The molecule has 1 aromatic rings. The normalized spacial score (nSPS) is 10.3. The van der Waals surface area contributed by atoms with Crippen LogP contribution in [0.2, 0.25) is 0 Å². The SMILES string of the molecule is CC(=O)Cc1cc(CF)cc(F)c1F. The molecule has 0 aliphatic rings. The van der Waals surface area contributed by atoms with E-state index in [9.17, 15) is 18.0 Å². The molecule has 0 bridgehead atoms. The Morgan fingerprint density at radius 3 is 2.50 bits per heavy atom. The van der Waals surface area contributed by atoms with Gasteiger partial charge in [-0.1, -0.05) is 0 Å². The van der Waals surface area contributed by atoms with Crippen molar-refractivity contribution in [3.05, 3.63) is 34.9 Å². The smallest absolute Gasteiger partial charge is 0.162 e. The highest BCUT2D eigenvalue weighted by molar-refractivity contribution is 5.78. The van der Waals surface area contributed by atoms with Gasteiger partial charge < -0.3 is 0 Å². The highest BCUT2D eigenvalue weighted by Crippen LogP contribution is 2.16. The van der Waals surface area contributed by atoms with E-state index in [1.807, 2.05) is 0 Å². The van der Waals surface area contributed by atoms with Gasteiger partial charge in [0.15, 0.2) is 11.6 Å². The molecule has 0 aromatic heterocycles. The van der Waals surface area contributed by atoms with Gasteiger partial charge in [-0.3, -0.25) is 4.79 Å². The number of rotatable bonds is 3. The van der Waals surface area contributed by atoms with E-state index >= 15 is 0 Å². The lowest BCUT2D eigenvalue weighted by Crippen LogP contribution is -2.02. The third-order valence-corrected chi connectivity index (χ3v) is 1.76. The Morgan fingerprint density at radius 1 is 1.36 bits per heavy atom. The summed E-state index contributed by atoms with van der Waals surface area (Å²) in [6.45, 7) is 0.390. The third-order valence-electron chi connectivity index (χ3n) is 1.76. The summed E-state index contributed by atoms with van der Waals surface area (Å²) >= 11 is 0. The van der Waals surface area contributed by atoms with Gasteiger partial charge in [0.05, 0.1) is 0 Å². The molecule has 0 atom stereocenters. The van der Waals surface area contributed by atoms with Crippen LogP contribution in [0.1, 0.15) is 18.1 Å². The summed E-state index contributed by atoms with van der Waals surface area (Å²) in [7, 11) is 0. The van der Waals surface area contributed by atoms with Gasteiger partial charge in [0, 0.05) is 6.42 Å². The van der Waals surface area contributed by atoms with Crippen LogP contribution in [-0.4, -0.2) is 5.78 Å². The second-order valence-corrected chi connectivity index (χ2v) is 3.06. The number of halogens is 3. The number of alkyl halides is 1. The molecular formula is C10H9F3O. The number of hydrogen-bond donors (Lipinski definition) is 0. The van der Waals surface area contributed by atoms with Crippen molar-refractivity contribution in [3.8, 4) is 0 Å². The van der Waals surface area contributed by atoms with Crippen LogP contribution in [0.15, 0.2) is 12.1 Å². The minimum absolute atomic E-state index is 0.0418. The first-order valence-electron chi connectivity index (χ1n) is 4.06. The number of ketones is 1. The molecule has 0 fully saturated rings. The molecule has 0 heterocycles. The molecule has 0 radical (unpaired) electrons. The highest BCUT2D eigenvalue weighted by atomic mass is 19.2. The fourth-order valence-electron chi connectivity index (χ4n) is 1.18. The summed E-state index contributed by atoms with van der Waals surface area (Å²) in [5.74, 6) is -2.48. The standard InChI is InChI=1S/C10H9F3O/c1-6(14)2-8-3-7(5-11)4-9(12)10(8)13/h3-4H,2,5H2,1H3. The van der Waals surface area contributed by atoms with E-state index < -0.39 is 18.3 Å². The Balaban J connectivity index is 3.13. The van der Waals surface area contributed by atoms with Gasteiger partial charge in [0.1, 0.15) is 12.5 Å². The monoisotopic (exact) mass is 202 g/mol. The van der Waals surface area contributed by atoms with Crippen molar-refractivity contribution >= 4 is 5.78 Å². The lowest BCUT2D eigenvalue weighted by molar-refractivity contribution is -0.116. The zero-order valence-corrected chi connectivity index (χ0v) is 7.61. The summed E-state index contributed by atoms with van der Waals surface area (Å²) in [6, 6.07) is 1.96. The molecule has 0 aliphatic heterocycles. The van der Waals surface area contributed by atoms with Crippen LogP contribution in [0.4, 0.5) is 13.2 Å². The van der Waals surface area contributed by atoms with Crippen LogP contribution in [0.25, 0.3) is 0 Å². The number of hydrogen-bond acceptors (Lipinski definition) is 1. The molecular weight excluding hydrogens is 193 g/mol. The predicted molar refractivity (Wildman–Crippen MR) is 45.6 cm³/mol. The molecule has 0 unspecified atom stereocenters. The summed E-state index contributed by atoms with van der Waals surface area (Å²) in [6.07, 6.45) is -0.212. The van der Waals surface area contributed by atoms with Crippen LogP contribution < -0.4 is 0 Å². The zero-order chi connectivity index (χ0) is 10.7. The van der Waals surface area contributed by atoms with Gasteiger partial charge in [0.2, 0.25) is 0 Å². The molecule has 0 saturated heterocycles. The van der Waals surface area contributed by atoms with Crippen molar-refractivity contribution in [1.29, 1.82) is 0 Å². The van der Waals surface area contributed by atoms with Gasteiger partial charge >= 0.3 is 0 Å². The van der Waals surface area contributed by atoms with Crippen LogP contribution in [0.5, 0.6) is 0 Å². The minimum Gasteiger partial charge on any atom is -0.300 e. The number of benzene rings is 1. The number of carbonyl (C=O) groups excluding carboxylic acids is 1. The zero-order valence-electron chi connectivity index (χ0n) is 7.61. The van der Waals surface area contributed by atoms with Crippen LogP contribution in [-0.2, 0) is 17.9 Å². The third kappa shape index (κ3) is 2.34. The van der Waals surface area contributed by atoms with Gasteiger partial charge in [-0.05, 0) is 30.2 Å². The van der Waals surface area contributed by atoms with E-state index in [1.165, 1.54) is 13.0 Å². The topological polar surface area (TPSA) is 17.1 Å². The van der Waals surface area contributed by atoms with E-state index in [0.717, 1.165) is 6.07 Å². The van der Waals surface area contributed by atoms with Gasteiger partial charge in [-0.25, -0.2) is 13.2 Å². The Bertz CT molecular complexity index is 361. The highest BCUT2D eigenvalue weighted by Gasteiger charge is 2.11. The second kappa shape index (κ2) is 4.26. The maximum Gasteiger partial charge on any atom is 0.162 e. The van der Waals surface area contributed by atoms with Gasteiger partial charge in [-0.15, -0.1) is 0 Å². The molecule has 1 rings (SSSR count). The molecule has 76 valence electrons. The van der Waals surface area contributed by atoms with Crippen molar-refractivity contribution in [3.63, 3.8) is 0 Å². The van der Waals surface area contributed by atoms with Crippen LogP contribution >= 0.6 is 0 Å². The molecule has 0 amide bonds. The fourth-order valence-corrected chi connectivity index (χ4v) is 1.18. The lowest BCUT2D eigenvalue weighted by atomic mass is 10.1. The van der Waals surface area contributed by atoms with Crippen LogP contribution in [0.3, 0.4) is 0 Å². The van der Waals surface area contributed by atoms with Crippen molar-refractivity contribution in [2.24, 2.45) is 0 Å². The maximum atomic E-state index is 13.0. The molecule has 0 aliphatic carbocycles.